The number of rotatable bonds is 10. The number of hydrogen-bond donors (Lipinski definition) is 0. The Kier molecular flexibility index (Phi) is 7.24. The van der Waals surface area contributed by atoms with Gasteiger partial charge in [-0.25, -0.2) is 4.68 Å². The van der Waals surface area contributed by atoms with Crippen molar-refractivity contribution in [2.24, 2.45) is 0 Å². The third-order valence-corrected chi connectivity index (χ3v) is 5.96. The van der Waals surface area contributed by atoms with Crippen molar-refractivity contribution in [2.45, 2.75) is 83.5 Å². The van der Waals surface area contributed by atoms with E-state index in [1.807, 2.05) is 26.1 Å². The van der Waals surface area contributed by atoms with E-state index >= 15 is 0 Å². The molecule has 1 atom stereocenters. The normalized spacial score (nSPS) is 17.7. The van der Waals surface area contributed by atoms with Gasteiger partial charge in [-0.05, 0) is 33.1 Å². The largest absolute Gasteiger partial charge is 0.490 e. The van der Waals surface area contributed by atoms with Crippen molar-refractivity contribution in [3.8, 4) is 11.4 Å². The Bertz CT molecular complexity index is 850. The maximum atomic E-state index is 12.4. The molecule has 3 rings (SSSR count). The van der Waals surface area contributed by atoms with Gasteiger partial charge in [0.25, 0.3) is 0 Å². The van der Waals surface area contributed by atoms with E-state index in [2.05, 4.69) is 34.0 Å². The summed E-state index contributed by atoms with van der Waals surface area (Å²) in [7, 11) is 0. The molecule has 0 aromatic carbocycles. The van der Waals surface area contributed by atoms with Gasteiger partial charge in [0, 0.05) is 36.5 Å². The van der Waals surface area contributed by atoms with Crippen molar-refractivity contribution in [1.29, 1.82) is 0 Å². The summed E-state index contributed by atoms with van der Waals surface area (Å²) in [5.74, 6) is 0.677. The number of nitrogens with zero attached hydrogens (tertiary/aromatic N) is 5. The van der Waals surface area contributed by atoms with Crippen LogP contribution in [-0.2, 0) is 5.41 Å². The van der Waals surface area contributed by atoms with Gasteiger partial charge in [-0.2, -0.15) is 13.2 Å². The van der Waals surface area contributed by atoms with E-state index in [9.17, 15) is 13.2 Å². The lowest BCUT2D eigenvalue weighted by atomic mass is 9.84. The molecule has 0 N–H and O–H groups in total. The highest BCUT2D eigenvalue weighted by atomic mass is 19.4. The minimum atomic E-state index is -4.10. The topological polar surface area (TPSA) is 56.1 Å². The second-order valence-corrected chi connectivity index (χ2v) is 9.22. The molecule has 172 valence electrons. The summed E-state index contributed by atoms with van der Waals surface area (Å²) in [6.07, 6.45) is 2.70. The van der Waals surface area contributed by atoms with E-state index in [0.717, 1.165) is 24.3 Å². The van der Waals surface area contributed by atoms with Crippen LogP contribution in [-0.4, -0.2) is 56.3 Å². The quantitative estimate of drug-likeness (QED) is 0.492. The third kappa shape index (κ3) is 6.41. The van der Waals surface area contributed by atoms with E-state index in [1.165, 1.54) is 0 Å². The van der Waals surface area contributed by atoms with Gasteiger partial charge in [-0.15, -0.1) is 5.10 Å². The van der Waals surface area contributed by atoms with E-state index in [-0.39, 0.29) is 11.8 Å². The molecule has 0 radical (unpaired) electrons. The average Bonchev–Trinajstić information content (AvgIpc) is 3.15. The summed E-state index contributed by atoms with van der Waals surface area (Å²) < 4.78 is 44.7. The van der Waals surface area contributed by atoms with Crippen LogP contribution in [0.15, 0.2) is 24.7 Å². The van der Waals surface area contributed by atoms with Crippen LogP contribution in [0.1, 0.15) is 65.5 Å². The van der Waals surface area contributed by atoms with Crippen LogP contribution in [0.25, 0.3) is 5.69 Å². The highest BCUT2D eigenvalue weighted by molar-refractivity contribution is 5.35. The van der Waals surface area contributed by atoms with Crippen LogP contribution in [0.3, 0.4) is 0 Å². The molecule has 1 fully saturated rings. The van der Waals surface area contributed by atoms with Gasteiger partial charge in [-0.3, -0.25) is 9.88 Å². The molecule has 0 spiro atoms. The molecular formula is C22H32F3N5O. The number of alkyl halides is 3. The Morgan fingerprint density at radius 3 is 2.55 bits per heavy atom. The molecule has 0 amide bonds. The molecule has 2 aromatic heterocycles. The number of likely N-dealkylation sites (tertiary alicyclic amines) is 1. The first-order valence-electron chi connectivity index (χ1n) is 10.9. The van der Waals surface area contributed by atoms with Crippen molar-refractivity contribution in [2.75, 3.05) is 13.2 Å². The minimum absolute atomic E-state index is 0.125. The van der Waals surface area contributed by atoms with E-state index in [4.69, 9.17) is 4.74 Å². The monoisotopic (exact) mass is 439 g/mol. The van der Waals surface area contributed by atoms with Crippen LogP contribution < -0.4 is 4.74 Å². The van der Waals surface area contributed by atoms with Crippen molar-refractivity contribution in [3.63, 3.8) is 0 Å². The Morgan fingerprint density at radius 1 is 1.16 bits per heavy atom. The lowest BCUT2D eigenvalue weighted by molar-refractivity contribution is -0.135. The zero-order valence-electron chi connectivity index (χ0n) is 18.7. The molecule has 2 aromatic rings. The molecule has 1 aliphatic rings. The average molecular weight is 440 g/mol. The summed E-state index contributed by atoms with van der Waals surface area (Å²) in [6.45, 7) is 10.1. The summed E-state index contributed by atoms with van der Waals surface area (Å²) in [5.41, 5.74) is 1.11. The smallest absolute Gasteiger partial charge is 0.389 e. The number of aromatic nitrogens is 4. The number of halogens is 3. The first-order valence-corrected chi connectivity index (χ1v) is 10.9. The highest BCUT2D eigenvalue weighted by Crippen LogP contribution is 2.30. The molecule has 6 nitrogen and oxygen atoms in total. The standard InChI is InChI=1S/C22H32F3N5O/c1-16(2)29-10-7-17(29)15-31-19-11-18(12-26-13-19)30-14-20(27-28-30)21(3,4)8-5-6-9-22(23,24)25/h11-14,16-17H,5-10,15H2,1-4H3/t17-/m0/s1. The van der Waals surface area contributed by atoms with Gasteiger partial charge in [-0.1, -0.05) is 25.5 Å². The predicted molar refractivity (Wildman–Crippen MR) is 112 cm³/mol. The van der Waals surface area contributed by atoms with Crippen LogP contribution in [0, 0.1) is 0 Å². The molecule has 0 bridgehead atoms. The number of ether oxygens (including phenoxy) is 1. The predicted octanol–water partition coefficient (Wildman–Crippen LogP) is 4.92. The van der Waals surface area contributed by atoms with Gasteiger partial charge in [0.15, 0.2) is 0 Å². The fourth-order valence-electron chi connectivity index (χ4n) is 3.84. The minimum Gasteiger partial charge on any atom is -0.490 e. The Morgan fingerprint density at radius 2 is 1.90 bits per heavy atom. The Labute approximate surface area is 181 Å². The number of pyridine rings is 1. The van der Waals surface area contributed by atoms with Crippen molar-refractivity contribution >= 4 is 0 Å². The zero-order chi connectivity index (χ0) is 22.6. The molecule has 1 aliphatic heterocycles. The lowest BCUT2D eigenvalue weighted by Gasteiger charge is -2.43. The summed E-state index contributed by atoms with van der Waals surface area (Å²) >= 11 is 0. The molecule has 3 heterocycles. The molecule has 0 unspecified atom stereocenters. The second kappa shape index (κ2) is 9.54. The third-order valence-electron chi connectivity index (χ3n) is 5.96. The maximum Gasteiger partial charge on any atom is 0.389 e. The zero-order valence-corrected chi connectivity index (χ0v) is 18.7. The Hall–Kier alpha value is -2.16. The maximum absolute atomic E-state index is 12.4. The molecule has 9 heteroatoms. The fraction of sp³-hybridized carbons (Fsp3) is 0.682. The summed E-state index contributed by atoms with van der Waals surface area (Å²) in [5, 5.41) is 8.46. The second-order valence-electron chi connectivity index (χ2n) is 9.22. The van der Waals surface area contributed by atoms with Crippen LogP contribution >= 0.6 is 0 Å². The SMILES string of the molecule is CC(C)N1CC[C@H]1COc1cncc(-n2cc(C(C)(C)CCCCC(F)(F)F)nn2)c1. The highest BCUT2D eigenvalue weighted by Gasteiger charge is 2.30. The summed E-state index contributed by atoms with van der Waals surface area (Å²) in [4.78, 5) is 6.67. The van der Waals surface area contributed by atoms with Gasteiger partial charge < -0.3 is 4.74 Å². The van der Waals surface area contributed by atoms with E-state index < -0.39 is 12.6 Å². The van der Waals surface area contributed by atoms with Crippen LogP contribution in [0.4, 0.5) is 13.2 Å². The number of unbranched alkanes of at least 4 members (excludes halogenated alkanes) is 1. The van der Waals surface area contributed by atoms with E-state index in [1.54, 1.807) is 17.1 Å². The van der Waals surface area contributed by atoms with Crippen molar-refractivity contribution in [3.05, 3.63) is 30.4 Å². The van der Waals surface area contributed by atoms with Crippen molar-refractivity contribution < 1.29 is 17.9 Å². The first kappa shape index (κ1) is 23.5. The van der Waals surface area contributed by atoms with Gasteiger partial charge in [0.2, 0.25) is 0 Å². The molecule has 1 saturated heterocycles. The van der Waals surface area contributed by atoms with Gasteiger partial charge in [0.05, 0.1) is 30.0 Å². The lowest BCUT2D eigenvalue weighted by Crippen LogP contribution is -2.54. The van der Waals surface area contributed by atoms with E-state index in [0.29, 0.717) is 37.3 Å². The van der Waals surface area contributed by atoms with Gasteiger partial charge >= 0.3 is 6.18 Å². The summed E-state index contributed by atoms with van der Waals surface area (Å²) in [6, 6.07) is 2.82. The van der Waals surface area contributed by atoms with Crippen LogP contribution in [0.5, 0.6) is 5.75 Å². The molecule has 0 saturated carbocycles. The molecular weight excluding hydrogens is 407 g/mol. The van der Waals surface area contributed by atoms with Crippen molar-refractivity contribution in [1.82, 2.24) is 24.9 Å². The van der Waals surface area contributed by atoms with Crippen LogP contribution in [0.2, 0.25) is 0 Å². The molecule has 0 aliphatic carbocycles. The molecule has 31 heavy (non-hydrogen) atoms. The number of hydrogen-bond acceptors (Lipinski definition) is 5. The fourth-order valence-corrected chi connectivity index (χ4v) is 3.84. The Balaban J connectivity index is 1.58. The first-order chi connectivity index (χ1) is 14.5. The van der Waals surface area contributed by atoms with Gasteiger partial charge in [0.1, 0.15) is 12.4 Å².